The van der Waals surface area contributed by atoms with E-state index < -0.39 is 30.9 Å². The molecule has 0 amide bonds. The summed E-state index contributed by atoms with van der Waals surface area (Å²) in [6.07, 6.45) is 0. The Morgan fingerprint density at radius 3 is 0.875 bits per heavy atom. The highest BCUT2D eigenvalue weighted by Crippen LogP contribution is 2.33. The topological polar surface area (TPSA) is 146 Å². The zero-order chi connectivity index (χ0) is 45.5. The van der Waals surface area contributed by atoms with Crippen LogP contribution in [0.25, 0.3) is 0 Å². The molecule has 0 aromatic heterocycles. The summed E-state index contributed by atoms with van der Waals surface area (Å²) in [5.41, 5.74) is -0.943. The van der Waals surface area contributed by atoms with E-state index in [0.717, 1.165) is 0 Å². The van der Waals surface area contributed by atoms with Gasteiger partial charge in [0.1, 0.15) is 57.2 Å². The minimum Gasteiger partial charge on any atom is -0.457 e. The third-order valence-corrected chi connectivity index (χ3v) is 12.5. The molecule has 7 aromatic carbocycles. The van der Waals surface area contributed by atoms with Crippen LogP contribution in [0.5, 0.6) is 46.0 Å². The Kier molecular flexibility index (Phi) is 13.0. The van der Waals surface area contributed by atoms with E-state index in [9.17, 15) is 27.0 Å². The average molecular weight is 891 g/mol. The van der Waals surface area contributed by atoms with Gasteiger partial charge in [-0.15, -0.1) is 0 Å². The maximum Gasteiger partial charge on any atom is 0.206 e. The summed E-state index contributed by atoms with van der Waals surface area (Å²) in [5.74, 6) is 14.9. The van der Waals surface area contributed by atoms with Gasteiger partial charge < -0.3 is 29.2 Å². The van der Waals surface area contributed by atoms with Gasteiger partial charge in [-0.25, -0.2) is 16.8 Å². The van der Waals surface area contributed by atoms with Crippen molar-refractivity contribution < 1.29 is 46.0 Å². The van der Waals surface area contributed by atoms with Crippen molar-refractivity contribution in [2.75, 3.05) is 0 Å². The van der Waals surface area contributed by atoms with Gasteiger partial charge in [0.2, 0.25) is 19.7 Å². The maximum absolute atomic E-state index is 13.5. The van der Waals surface area contributed by atoms with Crippen LogP contribution in [0.1, 0.15) is 38.8 Å². The lowest BCUT2D eigenvalue weighted by atomic mass is 10.1. The fourth-order valence-corrected chi connectivity index (χ4v) is 8.41. The monoisotopic (exact) mass is 890 g/mol. The van der Waals surface area contributed by atoms with Gasteiger partial charge in [-0.3, -0.25) is 0 Å². The Hall–Kier alpha value is -7.32. The first-order valence-corrected chi connectivity index (χ1v) is 22.8. The van der Waals surface area contributed by atoms with E-state index in [1.165, 1.54) is 48.5 Å². The molecular formula is C52H42O10S2. The number of hydrogen-bond donors (Lipinski definition) is 2. The number of rotatable bonds is 12. The van der Waals surface area contributed by atoms with Crippen molar-refractivity contribution in [1.29, 1.82) is 0 Å². The Labute approximate surface area is 373 Å². The second kappa shape index (κ2) is 18.6. The Bertz CT molecular complexity index is 2910. The van der Waals surface area contributed by atoms with E-state index in [0.29, 0.717) is 57.1 Å². The molecular weight excluding hydrogens is 849 g/mol. The lowest BCUT2D eigenvalue weighted by molar-refractivity contribution is 0.143. The van der Waals surface area contributed by atoms with Crippen molar-refractivity contribution in [3.63, 3.8) is 0 Å². The summed E-state index contributed by atoms with van der Waals surface area (Å²) in [6.45, 7) is 6.39. The van der Waals surface area contributed by atoms with Gasteiger partial charge in [0.25, 0.3) is 0 Å². The Balaban J connectivity index is 0.943. The normalized spacial score (nSPS) is 11.6. The Morgan fingerprint density at radius 1 is 0.359 bits per heavy atom. The van der Waals surface area contributed by atoms with Gasteiger partial charge in [0.05, 0.1) is 19.6 Å². The molecule has 64 heavy (non-hydrogen) atoms. The molecule has 322 valence electrons. The standard InChI is InChI=1S/C52H42O10S2/c1-51(2,53)32-30-37-8-5-10-43(34-37)59-39-14-22-47(23-15-39)63(55,56)49-26-18-41(19-27-49)61-45-12-7-13-46(36-45)62-42-20-28-50(29-21-42)64(57,58)48-24-16-40(17-25-48)60-44-11-6-9-38(35-44)31-33-52(3,4)54/h5-29,34-36,53-54H,1-4H3. The highest BCUT2D eigenvalue weighted by molar-refractivity contribution is 7.91. The van der Waals surface area contributed by atoms with Crippen molar-refractivity contribution in [2.45, 2.75) is 58.5 Å². The quantitative estimate of drug-likeness (QED) is 0.114. The van der Waals surface area contributed by atoms with E-state index >= 15 is 0 Å². The van der Waals surface area contributed by atoms with Gasteiger partial charge in [0, 0.05) is 17.2 Å². The zero-order valence-electron chi connectivity index (χ0n) is 35.1. The molecule has 12 heteroatoms. The predicted molar refractivity (Wildman–Crippen MR) is 243 cm³/mol. The molecule has 0 saturated carbocycles. The van der Waals surface area contributed by atoms with E-state index in [1.807, 2.05) is 0 Å². The van der Waals surface area contributed by atoms with Crippen molar-refractivity contribution in [1.82, 2.24) is 0 Å². The van der Waals surface area contributed by atoms with Crippen LogP contribution >= 0.6 is 0 Å². The van der Waals surface area contributed by atoms with Crippen LogP contribution in [0.2, 0.25) is 0 Å². The minimum absolute atomic E-state index is 0.0773. The molecule has 7 rings (SSSR count). The maximum atomic E-state index is 13.5. The first-order chi connectivity index (χ1) is 30.4. The average Bonchev–Trinajstić information content (AvgIpc) is 3.26. The van der Waals surface area contributed by atoms with Gasteiger partial charge in [-0.2, -0.15) is 0 Å². The van der Waals surface area contributed by atoms with E-state index in [-0.39, 0.29) is 19.6 Å². The molecule has 0 radical (unpaired) electrons. The van der Waals surface area contributed by atoms with Gasteiger partial charge in [-0.05, 0) is 173 Å². The molecule has 2 N–H and O–H groups in total. The smallest absolute Gasteiger partial charge is 0.206 e. The van der Waals surface area contributed by atoms with Crippen molar-refractivity contribution >= 4 is 19.7 Å². The number of hydrogen-bond acceptors (Lipinski definition) is 10. The van der Waals surface area contributed by atoms with Crippen LogP contribution in [0.3, 0.4) is 0 Å². The fraction of sp³-hybridized carbons (Fsp3) is 0.115. The van der Waals surface area contributed by atoms with Gasteiger partial charge in [-0.1, -0.05) is 41.9 Å². The van der Waals surface area contributed by atoms with Crippen LogP contribution in [0, 0.1) is 23.7 Å². The highest BCUT2D eigenvalue weighted by Gasteiger charge is 2.20. The Morgan fingerprint density at radius 2 is 0.609 bits per heavy atom. The zero-order valence-corrected chi connectivity index (χ0v) is 36.8. The molecule has 0 fully saturated rings. The third-order valence-electron chi connectivity index (χ3n) is 8.98. The molecule has 0 unspecified atom stereocenters. The summed E-state index contributed by atoms with van der Waals surface area (Å²) in [7, 11) is -7.72. The second-order valence-corrected chi connectivity index (χ2v) is 19.3. The number of benzene rings is 7. The van der Waals surface area contributed by atoms with E-state index in [4.69, 9.17) is 18.9 Å². The first-order valence-electron chi connectivity index (χ1n) is 19.8. The summed E-state index contributed by atoms with van der Waals surface area (Å²) in [4.78, 5) is 0.328. The summed E-state index contributed by atoms with van der Waals surface area (Å²) in [6, 6.07) is 45.2. The lowest BCUT2D eigenvalue weighted by Crippen LogP contribution is -2.14. The first kappa shape index (κ1) is 44.7. The molecule has 0 saturated heterocycles. The summed E-state index contributed by atoms with van der Waals surface area (Å²) >= 11 is 0. The van der Waals surface area contributed by atoms with Crippen LogP contribution in [-0.2, 0) is 19.7 Å². The molecule has 0 aliphatic carbocycles. The second-order valence-electron chi connectivity index (χ2n) is 15.4. The third kappa shape index (κ3) is 12.0. The molecule has 0 spiro atoms. The summed E-state index contributed by atoms with van der Waals surface area (Å²) in [5, 5.41) is 19.8. The molecule has 0 heterocycles. The van der Waals surface area contributed by atoms with Gasteiger partial charge >= 0.3 is 0 Å². The molecule has 0 aliphatic rings. The highest BCUT2D eigenvalue weighted by atomic mass is 32.2. The molecule has 10 nitrogen and oxygen atoms in total. The molecule has 0 atom stereocenters. The predicted octanol–water partition coefficient (Wildman–Crippen LogP) is 10.8. The number of sulfone groups is 2. The van der Waals surface area contributed by atoms with Crippen LogP contribution < -0.4 is 18.9 Å². The SMILES string of the molecule is CC(C)(O)C#Cc1cccc(Oc2ccc(S(=O)(=O)c3ccc(Oc4cccc(Oc5ccc(S(=O)(=O)c6ccc(Oc7cccc(C#CC(C)(C)O)c7)cc6)cc5)c4)cc3)cc2)c1. The van der Waals surface area contributed by atoms with Crippen molar-refractivity contribution in [3.8, 4) is 69.7 Å². The lowest BCUT2D eigenvalue weighted by Gasteiger charge is -2.11. The van der Waals surface area contributed by atoms with Crippen molar-refractivity contribution in [2.24, 2.45) is 0 Å². The summed E-state index contributed by atoms with van der Waals surface area (Å²) < 4.78 is 77.7. The minimum atomic E-state index is -3.86. The van der Waals surface area contributed by atoms with Crippen molar-refractivity contribution in [3.05, 3.63) is 181 Å². The van der Waals surface area contributed by atoms with E-state index in [2.05, 4.69) is 23.7 Å². The molecule has 0 bridgehead atoms. The van der Waals surface area contributed by atoms with E-state index in [1.54, 1.807) is 149 Å². The van der Waals surface area contributed by atoms with Gasteiger partial charge in [0.15, 0.2) is 0 Å². The van der Waals surface area contributed by atoms with Crippen LogP contribution in [-0.4, -0.2) is 38.3 Å². The fourth-order valence-electron chi connectivity index (χ4n) is 5.89. The number of aliphatic hydroxyl groups is 2. The van der Waals surface area contributed by atoms with Crippen LogP contribution in [0.15, 0.2) is 189 Å². The largest absolute Gasteiger partial charge is 0.457 e. The molecule has 0 aliphatic heterocycles. The molecule has 7 aromatic rings. The number of ether oxygens (including phenoxy) is 4. The van der Waals surface area contributed by atoms with Crippen LogP contribution in [0.4, 0.5) is 0 Å².